The molecule has 0 aliphatic rings. The maximum absolute atomic E-state index is 13.2. The van der Waals surface area contributed by atoms with Crippen LogP contribution in [-0.4, -0.2) is 73.7 Å². The van der Waals surface area contributed by atoms with E-state index >= 15 is 0 Å². The highest BCUT2D eigenvalue weighted by atomic mass is 32.2. The van der Waals surface area contributed by atoms with Gasteiger partial charge in [0.1, 0.15) is 0 Å². The monoisotopic (exact) mass is 494 g/mol. The van der Waals surface area contributed by atoms with Gasteiger partial charge in [0.25, 0.3) is 0 Å². The summed E-state index contributed by atoms with van der Waals surface area (Å²) >= 11 is 0. The van der Waals surface area contributed by atoms with Crippen LogP contribution in [0.1, 0.15) is 25.8 Å². The first-order valence-electron chi connectivity index (χ1n) is 11.3. The number of anilines is 1. The van der Waals surface area contributed by atoms with Gasteiger partial charge in [-0.3, -0.25) is 4.31 Å². The molecule has 2 rings (SSSR count). The summed E-state index contributed by atoms with van der Waals surface area (Å²) in [5, 5.41) is 0. The second kappa shape index (κ2) is 12.7. The maximum Gasteiger partial charge on any atom is 0.235 e. The van der Waals surface area contributed by atoms with Gasteiger partial charge in [0.05, 0.1) is 39.9 Å². The maximum atomic E-state index is 13.2. The molecule has 8 nitrogen and oxygen atoms in total. The fourth-order valence-corrected chi connectivity index (χ4v) is 5.59. The predicted octanol–water partition coefficient (Wildman–Crippen LogP) is 3.83. The molecule has 2 aromatic carbocycles. The molecular formula is C25H38N2O6S. The fourth-order valence-electron chi connectivity index (χ4n) is 3.83. The van der Waals surface area contributed by atoms with Crippen molar-refractivity contribution in [3.05, 3.63) is 42.0 Å². The van der Waals surface area contributed by atoms with Crippen molar-refractivity contribution >= 4 is 15.7 Å². The molecule has 9 heteroatoms. The van der Waals surface area contributed by atoms with E-state index in [9.17, 15) is 8.42 Å². The summed E-state index contributed by atoms with van der Waals surface area (Å²) in [5.41, 5.74) is 1.70. The Balaban J connectivity index is 1.97. The highest BCUT2D eigenvalue weighted by Crippen LogP contribution is 2.33. The molecule has 0 N–H and O–H groups in total. The Kier molecular flexibility index (Phi) is 10.3. The van der Waals surface area contributed by atoms with Crippen molar-refractivity contribution < 1.29 is 27.4 Å². The van der Waals surface area contributed by atoms with Gasteiger partial charge >= 0.3 is 0 Å². The van der Waals surface area contributed by atoms with Crippen LogP contribution in [0.4, 0.5) is 5.69 Å². The molecule has 0 aliphatic heterocycles. The zero-order valence-corrected chi connectivity index (χ0v) is 22.1. The lowest BCUT2D eigenvalue weighted by Gasteiger charge is -2.29. The van der Waals surface area contributed by atoms with Gasteiger partial charge in [0, 0.05) is 18.7 Å². The second-order valence-corrected chi connectivity index (χ2v) is 10.3. The van der Waals surface area contributed by atoms with E-state index in [4.69, 9.17) is 18.9 Å². The van der Waals surface area contributed by atoms with Crippen LogP contribution in [0.5, 0.6) is 23.0 Å². The smallest absolute Gasteiger partial charge is 0.235 e. The Hall–Kier alpha value is -2.65. The van der Waals surface area contributed by atoms with Crippen LogP contribution in [-0.2, 0) is 16.4 Å². The Bertz CT molecular complexity index is 1030. The lowest BCUT2D eigenvalue weighted by atomic mass is 10.1. The van der Waals surface area contributed by atoms with E-state index < -0.39 is 10.0 Å². The third-order valence-corrected chi connectivity index (χ3v) is 7.60. The zero-order chi connectivity index (χ0) is 25.3. The molecular weight excluding hydrogens is 456 g/mol. The van der Waals surface area contributed by atoms with Crippen molar-refractivity contribution in [3.8, 4) is 23.0 Å². The molecule has 0 saturated heterocycles. The normalized spacial score (nSPS) is 11.6. The molecule has 0 heterocycles. The first-order chi connectivity index (χ1) is 16.2. The number of hydrogen-bond donors (Lipinski definition) is 0. The van der Waals surface area contributed by atoms with Gasteiger partial charge in [-0.15, -0.1) is 0 Å². The van der Waals surface area contributed by atoms with Crippen LogP contribution in [0.3, 0.4) is 0 Å². The lowest BCUT2D eigenvalue weighted by molar-refractivity contribution is 0.337. The third kappa shape index (κ3) is 7.17. The van der Waals surface area contributed by atoms with E-state index in [0.29, 0.717) is 41.7 Å². The van der Waals surface area contributed by atoms with Gasteiger partial charge in [-0.25, -0.2) is 8.42 Å². The molecule has 0 radical (unpaired) electrons. The Morgan fingerprint density at radius 3 is 1.91 bits per heavy atom. The van der Waals surface area contributed by atoms with E-state index in [1.165, 1.54) is 11.4 Å². The third-order valence-electron chi connectivity index (χ3n) is 5.56. The minimum atomic E-state index is -3.52. The molecule has 0 spiro atoms. The molecule has 190 valence electrons. The summed E-state index contributed by atoms with van der Waals surface area (Å²) in [6.07, 6.45) is 1.36. The molecule has 0 saturated carbocycles. The topological polar surface area (TPSA) is 77.5 Å². The van der Waals surface area contributed by atoms with E-state index in [1.807, 2.05) is 39.1 Å². The van der Waals surface area contributed by atoms with Crippen LogP contribution in [0.2, 0.25) is 0 Å². The molecule has 0 amide bonds. The molecule has 0 fully saturated rings. The van der Waals surface area contributed by atoms with E-state index in [1.54, 1.807) is 39.5 Å². The van der Waals surface area contributed by atoms with Crippen molar-refractivity contribution in [2.75, 3.05) is 58.6 Å². The summed E-state index contributed by atoms with van der Waals surface area (Å²) in [7, 11) is 4.81. The van der Waals surface area contributed by atoms with Crippen LogP contribution < -0.4 is 23.3 Å². The number of nitrogens with zero attached hydrogens (tertiary/aromatic N) is 2. The van der Waals surface area contributed by atoms with Crippen LogP contribution in [0.25, 0.3) is 0 Å². The molecule has 0 bridgehead atoms. The molecule has 0 aliphatic carbocycles. The standard InChI is InChI=1S/C25H38N2O6S/c1-19(2)27(21-10-12-23(31-5)25(18-21)33-7)34(28,29)16-8-14-26(3)15-13-20-9-11-22(30-4)24(17-20)32-6/h9-12,17-19H,8,13-16H2,1-7H3. The average Bonchev–Trinajstić information content (AvgIpc) is 2.81. The van der Waals surface area contributed by atoms with E-state index in [2.05, 4.69) is 4.90 Å². The molecule has 34 heavy (non-hydrogen) atoms. The minimum Gasteiger partial charge on any atom is -0.493 e. The SMILES string of the molecule is COc1ccc(CCN(C)CCCS(=O)(=O)N(c2ccc(OC)c(OC)c2)C(C)C)cc1OC. The molecule has 0 atom stereocenters. The highest BCUT2D eigenvalue weighted by molar-refractivity contribution is 7.92. The van der Waals surface area contributed by atoms with Crippen molar-refractivity contribution in [2.24, 2.45) is 0 Å². The number of sulfonamides is 1. The lowest BCUT2D eigenvalue weighted by Crippen LogP contribution is -2.39. The van der Waals surface area contributed by atoms with Gasteiger partial charge < -0.3 is 23.8 Å². The van der Waals surface area contributed by atoms with Crippen molar-refractivity contribution in [1.82, 2.24) is 4.90 Å². The van der Waals surface area contributed by atoms with Gasteiger partial charge in [-0.2, -0.15) is 0 Å². The Morgan fingerprint density at radius 1 is 0.794 bits per heavy atom. The van der Waals surface area contributed by atoms with Crippen LogP contribution >= 0.6 is 0 Å². The minimum absolute atomic E-state index is 0.0558. The second-order valence-electron chi connectivity index (χ2n) is 8.34. The summed E-state index contributed by atoms with van der Waals surface area (Å²) in [5.74, 6) is 2.52. The summed E-state index contributed by atoms with van der Waals surface area (Å²) in [4.78, 5) is 2.14. The first kappa shape index (κ1) is 27.6. The first-order valence-corrected chi connectivity index (χ1v) is 12.9. The molecule has 0 aromatic heterocycles. The van der Waals surface area contributed by atoms with Crippen molar-refractivity contribution in [1.29, 1.82) is 0 Å². The van der Waals surface area contributed by atoms with Crippen LogP contribution in [0, 0.1) is 0 Å². The molecule has 2 aromatic rings. The van der Waals surface area contributed by atoms with Gasteiger partial charge in [-0.1, -0.05) is 6.07 Å². The zero-order valence-electron chi connectivity index (χ0n) is 21.3. The number of rotatable bonds is 14. The summed E-state index contributed by atoms with van der Waals surface area (Å²) in [6.45, 7) is 5.20. The van der Waals surface area contributed by atoms with E-state index in [0.717, 1.165) is 18.5 Å². The quantitative estimate of drug-likeness (QED) is 0.395. The van der Waals surface area contributed by atoms with Gasteiger partial charge in [-0.05, 0) is 70.1 Å². The average molecular weight is 495 g/mol. The van der Waals surface area contributed by atoms with Gasteiger partial charge in [0.15, 0.2) is 23.0 Å². The predicted molar refractivity (Wildman–Crippen MR) is 136 cm³/mol. The summed E-state index contributed by atoms with van der Waals surface area (Å²) in [6, 6.07) is 10.8. The largest absolute Gasteiger partial charge is 0.493 e. The number of likely N-dealkylation sites (N-methyl/N-ethyl adjacent to an activating group) is 1. The number of ether oxygens (including phenoxy) is 4. The van der Waals surface area contributed by atoms with Crippen molar-refractivity contribution in [3.63, 3.8) is 0 Å². The number of benzene rings is 2. The Labute approximate surface area is 204 Å². The highest BCUT2D eigenvalue weighted by Gasteiger charge is 2.26. The van der Waals surface area contributed by atoms with E-state index in [-0.39, 0.29) is 11.8 Å². The fraction of sp³-hybridized carbons (Fsp3) is 0.520. The number of hydrogen-bond acceptors (Lipinski definition) is 7. The molecule has 0 unspecified atom stereocenters. The summed E-state index contributed by atoms with van der Waals surface area (Å²) < 4.78 is 49.2. The van der Waals surface area contributed by atoms with Crippen molar-refractivity contribution in [2.45, 2.75) is 32.7 Å². The van der Waals surface area contributed by atoms with Gasteiger partial charge in [0.2, 0.25) is 10.0 Å². The Morgan fingerprint density at radius 2 is 1.35 bits per heavy atom. The van der Waals surface area contributed by atoms with Crippen LogP contribution in [0.15, 0.2) is 36.4 Å². The number of methoxy groups -OCH3 is 4.